The zero-order chi connectivity index (χ0) is 25.3. The van der Waals surface area contributed by atoms with Crippen LogP contribution in [0.3, 0.4) is 0 Å². The molecule has 0 atom stereocenters. The van der Waals surface area contributed by atoms with Gasteiger partial charge in [-0.3, -0.25) is 14.4 Å². The first kappa shape index (κ1) is 23.8. The number of carbonyl (C=O) groups excluding carboxylic acids is 3. The number of methoxy groups -OCH3 is 1. The fourth-order valence-electron chi connectivity index (χ4n) is 3.45. The van der Waals surface area contributed by atoms with Crippen LogP contribution in [0.2, 0.25) is 0 Å². The second kappa shape index (κ2) is 9.51. The lowest BCUT2D eigenvalue weighted by Gasteiger charge is -2.10. The summed E-state index contributed by atoms with van der Waals surface area (Å²) in [7, 11) is 1.28. The fraction of sp³-hybridized carbons (Fsp3) is 0.160. The Morgan fingerprint density at radius 2 is 1.54 bits per heavy atom. The minimum Gasteiger partial charge on any atom is -0.465 e. The van der Waals surface area contributed by atoms with E-state index >= 15 is 0 Å². The van der Waals surface area contributed by atoms with E-state index in [1.54, 1.807) is 25.1 Å². The Morgan fingerprint density at radius 3 is 2.20 bits per heavy atom. The molecule has 0 saturated heterocycles. The summed E-state index contributed by atoms with van der Waals surface area (Å²) in [5, 5.41) is 5.49. The highest BCUT2D eigenvalue weighted by Crippen LogP contribution is 2.24. The molecule has 0 unspecified atom stereocenters. The van der Waals surface area contributed by atoms with Crippen molar-refractivity contribution in [2.24, 2.45) is 0 Å². The zero-order valence-electron chi connectivity index (χ0n) is 19.5. The van der Waals surface area contributed by atoms with E-state index in [1.165, 1.54) is 25.3 Å². The molecule has 2 N–H and O–H groups in total. The van der Waals surface area contributed by atoms with Gasteiger partial charge in [-0.05, 0) is 68.3 Å². The number of fused-ring (bicyclic) bond motifs is 1. The number of hydrogen-bond acceptors (Lipinski definition) is 7. The van der Waals surface area contributed by atoms with E-state index in [0.717, 1.165) is 26.9 Å². The van der Waals surface area contributed by atoms with Crippen LogP contribution in [0.4, 0.5) is 11.4 Å². The maximum Gasteiger partial charge on any atom is 0.337 e. The summed E-state index contributed by atoms with van der Waals surface area (Å²) < 4.78 is 5.82. The summed E-state index contributed by atoms with van der Waals surface area (Å²) in [6, 6.07) is 12.9. The molecule has 0 spiro atoms. The molecule has 178 valence electrons. The predicted molar refractivity (Wildman–Crippen MR) is 134 cm³/mol. The van der Waals surface area contributed by atoms with E-state index in [2.05, 4.69) is 20.4 Å². The fourth-order valence-corrected chi connectivity index (χ4v) is 4.52. The zero-order valence-corrected chi connectivity index (χ0v) is 20.3. The monoisotopic (exact) mass is 490 g/mol. The van der Waals surface area contributed by atoms with Crippen LogP contribution >= 0.6 is 11.3 Å². The molecule has 2 aromatic heterocycles. The molecule has 10 heteroatoms. The van der Waals surface area contributed by atoms with Gasteiger partial charge in [0.25, 0.3) is 17.4 Å². The number of esters is 1. The maximum atomic E-state index is 13.3. The molecule has 2 heterocycles. The lowest BCUT2D eigenvalue weighted by molar-refractivity contribution is 0.0600. The van der Waals surface area contributed by atoms with Crippen LogP contribution in [0, 0.1) is 20.8 Å². The Balaban J connectivity index is 1.73. The number of thiazole rings is 1. The van der Waals surface area contributed by atoms with E-state index in [0.29, 0.717) is 22.6 Å². The van der Waals surface area contributed by atoms with E-state index in [-0.39, 0.29) is 15.5 Å². The molecule has 4 aromatic rings. The number of nitrogens with one attached hydrogen (secondary N) is 2. The summed E-state index contributed by atoms with van der Waals surface area (Å²) in [6.07, 6.45) is 0. The van der Waals surface area contributed by atoms with Gasteiger partial charge in [0, 0.05) is 23.1 Å². The van der Waals surface area contributed by atoms with Crippen LogP contribution in [0.5, 0.6) is 0 Å². The number of nitrogens with zero attached hydrogens (tertiary/aromatic N) is 2. The van der Waals surface area contributed by atoms with Crippen molar-refractivity contribution in [1.29, 1.82) is 0 Å². The van der Waals surface area contributed by atoms with E-state index < -0.39 is 23.3 Å². The number of aryl methyl sites for hydroxylation is 3. The van der Waals surface area contributed by atoms with Gasteiger partial charge in [-0.15, -0.1) is 0 Å². The topological polar surface area (TPSA) is 119 Å². The van der Waals surface area contributed by atoms with E-state index in [4.69, 9.17) is 0 Å². The molecule has 2 amide bonds. The quantitative estimate of drug-likeness (QED) is 0.409. The first-order valence-electron chi connectivity index (χ1n) is 10.6. The number of rotatable bonds is 5. The van der Waals surface area contributed by atoms with Gasteiger partial charge >= 0.3 is 5.97 Å². The number of anilines is 2. The Hall–Kier alpha value is -4.31. The summed E-state index contributed by atoms with van der Waals surface area (Å²) in [4.78, 5) is 55.6. The molecule has 35 heavy (non-hydrogen) atoms. The van der Waals surface area contributed by atoms with Crippen molar-refractivity contribution in [3.05, 3.63) is 91.8 Å². The molecule has 4 rings (SSSR count). The number of hydrogen-bond donors (Lipinski definition) is 2. The number of carbonyl (C=O) groups is 3. The average Bonchev–Trinajstić information content (AvgIpc) is 3.21. The second-order valence-electron chi connectivity index (χ2n) is 7.91. The minimum atomic E-state index is -0.613. The van der Waals surface area contributed by atoms with Crippen LogP contribution in [-0.2, 0) is 4.74 Å². The first-order chi connectivity index (χ1) is 16.7. The Bertz CT molecular complexity index is 1540. The number of aromatic nitrogens is 2. The largest absolute Gasteiger partial charge is 0.465 e. The van der Waals surface area contributed by atoms with Gasteiger partial charge in [-0.2, -0.15) is 0 Å². The third-order valence-electron chi connectivity index (χ3n) is 5.40. The third kappa shape index (κ3) is 4.82. The van der Waals surface area contributed by atoms with Gasteiger partial charge < -0.3 is 15.4 Å². The minimum absolute atomic E-state index is 0.0265. The maximum absolute atomic E-state index is 13.3. The van der Waals surface area contributed by atoms with Crippen LogP contribution in [-0.4, -0.2) is 34.3 Å². The number of benzene rings is 2. The van der Waals surface area contributed by atoms with Crippen molar-refractivity contribution < 1.29 is 19.1 Å². The molecule has 0 fully saturated rings. The Morgan fingerprint density at radius 1 is 0.886 bits per heavy atom. The number of amides is 2. The highest BCUT2D eigenvalue weighted by molar-refractivity contribution is 7.19. The van der Waals surface area contributed by atoms with Gasteiger partial charge in [0.1, 0.15) is 10.6 Å². The highest BCUT2D eigenvalue weighted by atomic mass is 32.1. The Labute approximate surface area is 204 Å². The smallest absolute Gasteiger partial charge is 0.337 e. The molecule has 0 aliphatic heterocycles. The van der Waals surface area contributed by atoms with Crippen LogP contribution < -0.4 is 16.2 Å². The van der Waals surface area contributed by atoms with Crippen LogP contribution in [0.25, 0.3) is 4.96 Å². The average molecular weight is 491 g/mol. The molecule has 0 radical (unpaired) electrons. The Kier molecular flexibility index (Phi) is 6.48. The molecular formula is C25H22N4O5S. The van der Waals surface area contributed by atoms with Gasteiger partial charge in [-0.25, -0.2) is 14.2 Å². The summed E-state index contributed by atoms with van der Waals surface area (Å²) in [5.74, 6) is -1.70. The molecular weight excluding hydrogens is 468 g/mol. The third-order valence-corrected chi connectivity index (χ3v) is 6.44. The summed E-state index contributed by atoms with van der Waals surface area (Å²) in [5.41, 5.74) is 3.22. The lowest BCUT2D eigenvalue weighted by Crippen LogP contribution is -2.25. The molecule has 0 bridgehead atoms. The first-order valence-corrected chi connectivity index (χ1v) is 11.4. The van der Waals surface area contributed by atoms with Crippen molar-refractivity contribution in [3.63, 3.8) is 0 Å². The van der Waals surface area contributed by atoms with Gasteiger partial charge in [0.05, 0.1) is 12.7 Å². The van der Waals surface area contributed by atoms with Gasteiger partial charge in [0.15, 0.2) is 4.96 Å². The molecule has 2 aromatic carbocycles. The molecule has 0 saturated carbocycles. The normalized spacial score (nSPS) is 10.7. The standard InChI is InChI=1S/C25H22N4O5S/c1-13-5-8-18(11-14(13)2)28-22(31)20-21(35-25-26-15(3)12-19(30)29(20)25)23(32)27-17-9-6-16(7-10-17)24(33)34-4/h5-12H,1-4H3,(H,27,32)(H,28,31). The van der Waals surface area contributed by atoms with E-state index in [1.807, 2.05) is 26.0 Å². The SMILES string of the molecule is COC(=O)c1ccc(NC(=O)c2sc3nc(C)cc(=O)n3c2C(=O)Nc2ccc(C)c(C)c2)cc1. The molecule has 0 aliphatic rings. The number of ether oxygens (including phenoxy) is 1. The van der Waals surface area contributed by atoms with Crippen LogP contribution in [0.1, 0.15) is 47.3 Å². The summed E-state index contributed by atoms with van der Waals surface area (Å²) in [6.45, 7) is 5.55. The molecule has 0 aliphatic carbocycles. The second-order valence-corrected chi connectivity index (χ2v) is 8.89. The predicted octanol–water partition coefficient (Wildman–Crippen LogP) is 3.97. The van der Waals surface area contributed by atoms with Gasteiger partial charge in [0.2, 0.25) is 0 Å². The van der Waals surface area contributed by atoms with Gasteiger partial charge in [-0.1, -0.05) is 17.4 Å². The van der Waals surface area contributed by atoms with Crippen molar-refractivity contribution >= 4 is 45.5 Å². The lowest BCUT2D eigenvalue weighted by atomic mass is 10.1. The molecule has 9 nitrogen and oxygen atoms in total. The summed E-state index contributed by atoms with van der Waals surface area (Å²) >= 11 is 0.941. The van der Waals surface area contributed by atoms with Crippen LogP contribution in [0.15, 0.2) is 53.3 Å². The van der Waals surface area contributed by atoms with Crippen molar-refractivity contribution in [3.8, 4) is 0 Å². The van der Waals surface area contributed by atoms with Crippen molar-refractivity contribution in [1.82, 2.24) is 9.38 Å². The highest BCUT2D eigenvalue weighted by Gasteiger charge is 2.26. The van der Waals surface area contributed by atoms with Crippen molar-refractivity contribution in [2.75, 3.05) is 17.7 Å². The van der Waals surface area contributed by atoms with E-state index in [9.17, 15) is 19.2 Å². The van der Waals surface area contributed by atoms with Crippen molar-refractivity contribution in [2.45, 2.75) is 20.8 Å².